The van der Waals surface area contributed by atoms with Crippen LogP contribution in [-0.4, -0.2) is 64.0 Å². The topological polar surface area (TPSA) is 136 Å². The number of halogens is 1. The highest BCUT2D eigenvalue weighted by Gasteiger charge is 2.50. The molecule has 1 aliphatic heterocycles. The van der Waals surface area contributed by atoms with Gasteiger partial charge in [-0.05, 0) is 55.2 Å². The molecule has 9 nitrogen and oxygen atoms in total. The van der Waals surface area contributed by atoms with E-state index in [0.29, 0.717) is 18.0 Å². The fourth-order valence-corrected chi connectivity index (χ4v) is 4.98. The average Bonchev–Trinajstić information content (AvgIpc) is 2.88. The van der Waals surface area contributed by atoms with Gasteiger partial charge >= 0.3 is 5.97 Å². The molecule has 210 valence electrons. The van der Waals surface area contributed by atoms with Crippen LogP contribution in [0.5, 0.6) is 0 Å². The number of hydrogen-bond donors (Lipinski definition) is 4. The summed E-state index contributed by atoms with van der Waals surface area (Å²) in [6.07, 6.45) is 0.318. The van der Waals surface area contributed by atoms with Crippen molar-refractivity contribution in [2.24, 2.45) is 11.3 Å². The van der Waals surface area contributed by atoms with Crippen LogP contribution in [0.4, 0.5) is 0 Å². The molecule has 0 saturated carbocycles. The van der Waals surface area contributed by atoms with Gasteiger partial charge in [0.25, 0.3) is 11.8 Å². The average molecular weight is 558 g/mol. The number of likely N-dealkylation sites (tertiary alicyclic amines) is 1. The van der Waals surface area contributed by atoms with Crippen molar-refractivity contribution in [3.63, 3.8) is 0 Å². The molecule has 0 aromatic heterocycles. The first kappa shape index (κ1) is 30.1. The van der Waals surface area contributed by atoms with E-state index >= 15 is 0 Å². The minimum Gasteiger partial charge on any atom is -0.480 e. The van der Waals surface area contributed by atoms with Gasteiger partial charge < -0.3 is 25.7 Å². The molecule has 39 heavy (non-hydrogen) atoms. The maximum atomic E-state index is 13.6. The Labute approximate surface area is 233 Å². The molecule has 3 atom stereocenters. The Balaban J connectivity index is 1.74. The Hall–Kier alpha value is -3.43. The molecular weight excluding hydrogens is 522 g/mol. The highest BCUT2D eigenvalue weighted by atomic mass is 35.5. The number of aliphatic carboxylic acids is 1. The van der Waals surface area contributed by atoms with Crippen molar-refractivity contribution in [2.45, 2.75) is 58.7 Å². The van der Waals surface area contributed by atoms with Gasteiger partial charge in [-0.2, -0.15) is 0 Å². The van der Waals surface area contributed by atoms with Crippen molar-refractivity contribution < 1.29 is 29.4 Å². The molecule has 0 spiro atoms. The fraction of sp³-hybridized carbons (Fsp3) is 0.448. The number of carboxylic acids is 1. The van der Waals surface area contributed by atoms with Crippen LogP contribution < -0.4 is 10.6 Å². The van der Waals surface area contributed by atoms with Gasteiger partial charge in [0, 0.05) is 34.7 Å². The summed E-state index contributed by atoms with van der Waals surface area (Å²) >= 11 is 6.03. The summed E-state index contributed by atoms with van der Waals surface area (Å²) in [4.78, 5) is 51.9. The van der Waals surface area contributed by atoms with E-state index in [4.69, 9.17) is 16.7 Å². The number of piperidine rings is 1. The number of carboxylic acid groups (broad SMARTS) is 1. The quantitative estimate of drug-likeness (QED) is 0.392. The second kappa shape index (κ2) is 11.8. The molecule has 0 unspecified atom stereocenters. The summed E-state index contributed by atoms with van der Waals surface area (Å²) in [5, 5.41) is 26.4. The first-order chi connectivity index (χ1) is 18.2. The standard InChI is InChI=1S/C29H36ClN3O6/c1-17(2)23(32-25(35)20-8-6-7-19(15-20)24(34)31-18(3)27(37)38)26(36)33-14-13-29(39,28(4,5)16-33)21-9-11-22(30)12-10-21/h6-12,15,17-18,23,39H,13-14,16H2,1-5H3,(H,31,34)(H,32,35)(H,37,38)/t18-,23+,29-/m0/s1. The number of nitrogens with one attached hydrogen (secondary N) is 2. The van der Waals surface area contributed by atoms with E-state index in [0.717, 1.165) is 5.56 Å². The summed E-state index contributed by atoms with van der Waals surface area (Å²) in [6, 6.07) is 11.0. The van der Waals surface area contributed by atoms with Gasteiger partial charge in [-0.25, -0.2) is 0 Å². The third-order valence-electron chi connectivity index (χ3n) is 7.41. The number of rotatable bonds is 8. The molecule has 0 aliphatic carbocycles. The normalized spacial score (nSPS) is 20.2. The first-order valence-electron chi connectivity index (χ1n) is 12.9. The van der Waals surface area contributed by atoms with E-state index in [2.05, 4.69) is 10.6 Å². The number of amides is 3. The third kappa shape index (κ3) is 6.59. The smallest absolute Gasteiger partial charge is 0.325 e. The van der Waals surface area contributed by atoms with E-state index in [-0.39, 0.29) is 29.5 Å². The number of aliphatic hydroxyl groups is 1. The Morgan fingerprint density at radius 2 is 1.51 bits per heavy atom. The van der Waals surface area contributed by atoms with E-state index in [1.807, 2.05) is 27.7 Å². The van der Waals surface area contributed by atoms with Crippen molar-refractivity contribution >= 4 is 35.3 Å². The Morgan fingerprint density at radius 1 is 0.949 bits per heavy atom. The molecule has 4 N–H and O–H groups in total. The molecule has 1 fully saturated rings. The summed E-state index contributed by atoms with van der Waals surface area (Å²) < 4.78 is 0. The zero-order chi connectivity index (χ0) is 29.1. The summed E-state index contributed by atoms with van der Waals surface area (Å²) in [5.74, 6) is -2.82. The Kier molecular flexibility index (Phi) is 9.08. The fourth-order valence-electron chi connectivity index (χ4n) is 4.85. The lowest BCUT2D eigenvalue weighted by atomic mass is 9.66. The van der Waals surface area contributed by atoms with Crippen LogP contribution in [0, 0.1) is 11.3 Å². The van der Waals surface area contributed by atoms with Gasteiger partial charge in [0.2, 0.25) is 5.91 Å². The largest absolute Gasteiger partial charge is 0.480 e. The minimum absolute atomic E-state index is 0.127. The molecule has 10 heteroatoms. The second-order valence-corrected chi connectivity index (χ2v) is 11.5. The van der Waals surface area contributed by atoms with E-state index < -0.39 is 40.9 Å². The van der Waals surface area contributed by atoms with Crippen LogP contribution >= 0.6 is 11.6 Å². The highest BCUT2D eigenvalue weighted by Crippen LogP contribution is 2.46. The summed E-state index contributed by atoms with van der Waals surface area (Å²) in [6.45, 7) is 9.41. The number of hydrogen-bond acceptors (Lipinski definition) is 5. The number of nitrogens with zero attached hydrogens (tertiary/aromatic N) is 1. The minimum atomic E-state index is -1.18. The van der Waals surface area contributed by atoms with E-state index in [1.165, 1.54) is 31.2 Å². The van der Waals surface area contributed by atoms with E-state index in [9.17, 15) is 24.3 Å². The van der Waals surface area contributed by atoms with Crippen molar-refractivity contribution in [1.82, 2.24) is 15.5 Å². The third-order valence-corrected chi connectivity index (χ3v) is 7.66. The number of carbonyl (C=O) groups is 4. The van der Waals surface area contributed by atoms with Crippen molar-refractivity contribution in [3.8, 4) is 0 Å². The molecular formula is C29H36ClN3O6. The summed E-state index contributed by atoms with van der Waals surface area (Å²) in [7, 11) is 0. The van der Waals surface area contributed by atoms with Crippen molar-refractivity contribution in [2.75, 3.05) is 13.1 Å². The maximum absolute atomic E-state index is 13.6. The number of carbonyl (C=O) groups excluding carboxylic acids is 3. The van der Waals surface area contributed by atoms with Gasteiger partial charge in [-0.3, -0.25) is 19.2 Å². The maximum Gasteiger partial charge on any atom is 0.325 e. The molecule has 1 aliphatic rings. The first-order valence-corrected chi connectivity index (χ1v) is 13.3. The summed E-state index contributed by atoms with van der Waals surface area (Å²) in [5.41, 5.74) is -0.818. The van der Waals surface area contributed by atoms with Crippen LogP contribution in [0.1, 0.15) is 67.3 Å². The second-order valence-electron chi connectivity index (χ2n) is 11.1. The predicted octanol–water partition coefficient (Wildman–Crippen LogP) is 3.44. The van der Waals surface area contributed by atoms with Gasteiger partial charge in [0.1, 0.15) is 12.1 Å². The Morgan fingerprint density at radius 3 is 2.03 bits per heavy atom. The Bertz CT molecular complexity index is 1250. The van der Waals surface area contributed by atoms with E-state index in [1.54, 1.807) is 29.2 Å². The van der Waals surface area contributed by atoms with Crippen LogP contribution in [0.3, 0.4) is 0 Å². The molecule has 2 aromatic rings. The van der Waals surface area contributed by atoms with Crippen LogP contribution in [0.2, 0.25) is 5.02 Å². The molecule has 1 heterocycles. The SMILES string of the molecule is CC(C)[C@@H](NC(=O)c1cccc(C(=O)N[C@@H](C)C(=O)O)c1)C(=O)N1CC[C@](O)(c2ccc(Cl)cc2)C(C)(C)C1. The van der Waals surface area contributed by atoms with Gasteiger partial charge in [0.15, 0.2) is 0 Å². The van der Waals surface area contributed by atoms with Gasteiger partial charge in [0.05, 0.1) is 5.60 Å². The molecule has 2 aromatic carbocycles. The zero-order valence-electron chi connectivity index (χ0n) is 22.8. The van der Waals surface area contributed by atoms with Gasteiger partial charge in [-0.1, -0.05) is 57.5 Å². The molecule has 0 bridgehead atoms. The molecule has 3 amide bonds. The number of benzene rings is 2. The zero-order valence-corrected chi connectivity index (χ0v) is 23.6. The highest BCUT2D eigenvalue weighted by molar-refractivity contribution is 6.30. The molecule has 1 saturated heterocycles. The lowest BCUT2D eigenvalue weighted by Crippen LogP contribution is -2.60. The predicted molar refractivity (Wildman–Crippen MR) is 147 cm³/mol. The van der Waals surface area contributed by atoms with Crippen LogP contribution in [0.15, 0.2) is 48.5 Å². The molecule has 3 rings (SSSR count). The van der Waals surface area contributed by atoms with Crippen molar-refractivity contribution in [3.05, 3.63) is 70.2 Å². The van der Waals surface area contributed by atoms with Crippen molar-refractivity contribution in [1.29, 1.82) is 0 Å². The van der Waals surface area contributed by atoms with Gasteiger partial charge in [-0.15, -0.1) is 0 Å². The lowest BCUT2D eigenvalue weighted by molar-refractivity contribution is -0.155. The van der Waals surface area contributed by atoms with Crippen LogP contribution in [0.25, 0.3) is 0 Å². The van der Waals surface area contributed by atoms with Crippen LogP contribution in [-0.2, 0) is 15.2 Å². The lowest BCUT2D eigenvalue weighted by Gasteiger charge is -2.51. The molecule has 0 radical (unpaired) electrons. The monoisotopic (exact) mass is 557 g/mol.